The Labute approximate surface area is 177 Å². The number of nitrogens with zero attached hydrogens (tertiary/aromatic N) is 2. The SMILES string of the molecule is COc1ccc(C(=O)C2CCN(Cc3ccc(S(=O)(=O)N4CCCC4)o3)CC2)cc1. The Morgan fingerprint density at radius 1 is 1.03 bits per heavy atom. The molecule has 7 nitrogen and oxygen atoms in total. The molecule has 4 rings (SSSR count). The molecule has 1 aromatic heterocycles. The number of likely N-dealkylation sites (tertiary alicyclic amines) is 1. The standard InChI is InChI=1S/C22H28N2O5S/c1-28-19-6-4-17(5-7-19)22(25)18-10-14-23(15-11-18)16-20-8-9-21(29-20)30(26,27)24-12-2-3-13-24/h4-9,18H,2-3,10-16H2,1H3. The zero-order valence-electron chi connectivity index (χ0n) is 17.2. The summed E-state index contributed by atoms with van der Waals surface area (Å²) in [6.07, 6.45) is 3.36. The molecule has 0 spiro atoms. The third kappa shape index (κ3) is 4.45. The highest BCUT2D eigenvalue weighted by atomic mass is 32.2. The first-order valence-electron chi connectivity index (χ1n) is 10.5. The lowest BCUT2D eigenvalue weighted by atomic mass is 9.89. The fourth-order valence-electron chi connectivity index (χ4n) is 4.20. The van der Waals surface area contributed by atoms with Crippen LogP contribution in [0.2, 0.25) is 0 Å². The van der Waals surface area contributed by atoms with Crippen molar-refractivity contribution in [1.82, 2.24) is 9.21 Å². The van der Waals surface area contributed by atoms with E-state index in [2.05, 4.69) is 4.90 Å². The second kappa shape index (κ2) is 8.91. The lowest BCUT2D eigenvalue weighted by molar-refractivity contribution is 0.0827. The summed E-state index contributed by atoms with van der Waals surface area (Å²) < 4.78 is 37.5. The Balaban J connectivity index is 1.32. The highest BCUT2D eigenvalue weighted by Crippen LogP contribution is 2.26. The average Bonchev–Trinajstić information content (AvgIpc) is 3.47. The molecular weight excluding hydrogens is 404 g/mol. The van der Waals surface area contributed by atoms with Gasteiger partial charge in [-0.05, 0) is 75.2 Å². The number of benzene rings is 1. The summed E-state index contributed by atoms with van der Waals surface area (Å²) in [5.41, 5.74) is 0.719. The highest BCUT2D eigenvalue weighted by Gasteiger charge is 2.31. The van der Waals surface area contributed by atoms with Crippen molar-refractivity contribution < 1.29 is 22.4 Å². The Hall–Kier alpha value is -2.16. The van der Waals surface area contributed by atoms with Crippen LogP contribution in [-0.4, -0.2) is 56.7 Å². The summed E-state index contributed by atoms with van der Waals surface area (Å²) in [7, 11) is -1.91. The van der Waals surface area contributed by atoms with Gasteiger partial charge < -0.3 is 9.15 Å². The van der Waals surface area contributed by atoms with Crippen molar-refractivity contribution in [3.63, 3.8) is 0 Å². The fraction of sp³-hybridized carbons (Fsp3) is 0.500. The van der Waals surface area contributed by atoms with Gasteiger partial charge in [0.1, 0.15) is 11.5 Å². The molecule has 1 aromatic carbocycles. The van der Waals surface area contributed by atoms with Crippen molar-refractivity contribution in [2.45, 2.75) is 37.3 Å². The Morgan fingerprint density at radius 2 is 1.70 bits per heavy atom. The van der Waals surface area contributed by atoms with E-state index in [-0.39, 0.29) is 16.8 Å². The molecule has 0 bridgehead atoms. The molecule has 0 amide bonds. The molecule has 0 radical (unpaired) electrons. The number of hydrogen-bond acceptors (Lipinski definition) is 6. The molecule has 2 fully saturated rings. The molecule has 0 unspecified atom stereocenters. The molecule has 0 saturated carbocycles. The highest BCUT2D eigenvalue weighted by molar-refractivity contribution is 7.89. The van der Waals surface area contributed by atoms with E-state index in [9.17, 15) is 13.2 Å². The molecule has 3 heterocycles. The lowest BCUT2D eigenvalue weighted by Crippen LogP contribution is -2.35. The zero-order valence-corrected chi connectivity index (χ0v) is 18.1. The van der Waals surface area contributed by atoms with E-state index in [1.54, 1.807) is 19.2 Å². The summed E-state index contributed by atoms with van der Waals surface area (Å²) in [4.78, 5) is 15.0. The number of ether oxygens (including phenoxy) is 1. The number of rotatable bonds is 7. The van der Waals surface area contributed by atoms with Gasteiger partial charge >= 0.3 is 0 Å². The largest absolute Gasteiger partial charge is 0.497 e. The summed E-state index contributed by atoms with van der Waals surface area (Å²) in [6, 6.07) is 10.6. The maximum Gasteiger partial charge on any atom is 0.276 e. The number of ketones is 1. The Morgan fingerprint density at radius 3 is 2.33 bits per heavy atom. The molecule has 30 heavy (non-hydrogen) atoms. The quantitative estimate of drug-likeness (QED) is 0.625. The van der Waals surface area contributed by atoms with E-state index < -0.39 is 10.0 Å². The normalized spacial score (nSPS) is 19.2. The zero-order chi connectivity index (χ0) is 21.1. The first-order chi connectivity index (χ1) is 14.5. The summed E-state index contributed by atoms with van der Waals surface area (Å²) >= 11 is 0. The lowest BCUT2D eigenvalue weighted by Gasteiger charge is -2.30. The van der Waals surface area contributed by atoms with E-state index in [4.69, 9.17) is 9.15 Å². The summed E-state index contributed by atoms with van der Waals surface area (Å²) in [6.45, 7) is 3.24. The maximum absolute atomic E-state index is 12.8. The van der Waals surface area contributed by atoms with Crippen LogP contribution in [0.15, 0.2) is 45.9 Å². The van der Waals surface area contributed by atoms with E-state index in [1.807, 2.05) is 24.3 Å². The first kappa shape index (κ1) is 21.1. The van der Waals surface area contributed by atoms with Crippen LogP contribution in [0.4, 0.5) is 0 Å². The summed E-state index contributed by atoms with van der Waals surface area (Å²) in [5.74, 6) is 1.57. The molecule has 2 aromatic rings. The van der Waals surface area contributed by atoms with Gasteiger partial charge in [0.2, 0.25) is 5.09 Å². The minimum atomic E-state index is -3.52. The van der Waals surface area contributed by atoms with Crippen LogP contribution in [0.5, 0.6) is 5.75 Å². The van der Waals surface area contributed by atoms with Gasteiger partial charge in [-0.2, -0.15) is 4.31 Å². The number of carbonyl (C=O) groups is 1. The molecule has 2 aliphatic heterocycles. The number of sulfonamides is 1. The second-order valence-electron chi connectivity index (χ2n) is 7.98. The van der Waals surface area contributed by atoms with Crippen LogP contribution in [-0.2, 0) is 16.6 Å². The molecule has 162 valence electrons. The van der Waals surface area contributed by atoms with Crippen LogP contribution < -0.4 is 4.74 Å². The number of methoxy groups -OCH3 is 1. The fourth-order valence-corrected chi connectivity index (χ4v) is 5.65. The number of carbonyl (C=O) groups excluding carboxylic acids is 1. The van der Waals surface area contributed by atoms with E-state index in [0.717, 1.165) is 50.1 Å². The molecule has 2 aliphatic rings. The number of piperidine rings is 1. The Kier molecular flexibility index (Phi) is 6.26. The third-order valence-corrected chi connectivity index (χ3v) is 7.78. The second-order valence-corrected chi connectivity index (χ2v) is 9.84. The van der Waals surface area contributed by atoms with Crippen LogP contribution in [0, 0.1) is 5.92 Å². The number of furan rings is 1. The average molecular weight is 433 g/mol. The minimum absolute atomic E-state index is 0.0114. The van der Waals surface area contributed by atoms with Crippen molar-refractivity contribution in [3.8, 4) is 5.75 Å². The summed E-state index contributed by atoms with van der Waals surface area (Å²) in [5, 5.41) is 0.0315. The predicted octanol–water partition coefficient (Wildman–Crippen LogP) is 3.17. The number of Topliss-reactive ketones (excluding diaryl/α,β-unsaturated/α-hetero) is 1. The molecule has 0 aliphatic carbocycles. The minimum Gasteiger partial charge on any atom is -0.497 e. The maximum atomic E-state index is 12.8. The smallest absolute Gasteiger partial charge is 0.276 e. The van der Waals surface area contributed by atoms with E-state index >= 15 is 0 Å². The predicted molar refractivity (Wildman–Crippen MR) is 112 cm³/mol. The molecule has 0 atom stereocenters. The first-order valence-corrected chi connectivity index (χ1v) is 11.9. The van der Waals surface area contributed by atoms with Gasteiger partial charge in [-0.3, -0.25) is 9.69 Å². The van der Waals surface area contributed by atoms with Gasteiger partial charge in [0, 0.05) is 24.6 Å². The third-order valence-electron chi connectivity index (χ3n) is 6.01. The monoisotopic (exact) mass is 432 g/mol. The van der Waals surface area contributed by atoms with Gasteiger partial charge in [-0.15, -0.1) is 0 Å². The van der Waals surface area contributed by atoms with Crippen molar-refractivity contribution in [1.29, 1.82) is 0 Å². The van der Waals surface area contributed by atoms with Crippen molar-refractivity contribution in [2.24, 2.45) is 5.92 Å². The van der Waals surface area contributed by atoms with Gasteiger partial charge in [-0.25, -0.2) is 8.42 Å². The van der Waals surface area contributed by atoms with E-state index in [1.165, 1.54) is 4.31 Å². The molecule has 8 heteroatoms. The van der Waals surface area contributed by atoms with Crippen molar-refractivity contribution >= 4 is 15.8 Å². The van der Waals surface area contributed by atoms with Crippen molar-refractivity contribution in [2.75, 3.05) is 33.3 Å². The molecule has 0 N–H and O–H groups in total. The molecule has 2 saturated heterocycles. The number of hydrogen-bond donors (Lipinski definition) is 0. The topological polar surface area (TPSA) is 80.1 Å². The molecular formula is C22H28N2O5S. The van der Waals surface area contributed by atoms with Crippen LogP contribution >= 0.6 is 0 Å². The Bertz CT molecular complexity index is 969. The van der Waals surface area contributed by atoms with Gasteiger partial charge in [0.25, 0.3) is 10.0 Å². The van der Waals surface area contributed by atoms with E-state index in [0.29, 0.717) is 25.4 Å². The van der Waals surface area contributed by atoms with Crippen LogP contribution in [0.3, 0.4) is 0 Å². The van der Waals surface area contributed by atoms with Gasteiger partial charge in [-0.1, -0.05) is 0 Å². The van der Waals surface area contributed by atoms with Crippen LogP contribution in [0.1, 0.15) is 41.8 Å². The van der Waals surface area contributed by atoms with Crippen LogP contribution in [0.25, 0.3) is 0 Å². The van der Waals surface area contributed by atoms with Gasteiger partial charge in [0.15, 0.2) is 5.78 Å². The van der Waals surface area contributed by atoms with Gasteiger partial charge in [0.05, 0.1) is 13.7 Å². The van der Waals surface area contributed by atoms with Crippen molar-refractivity contribution in [3.05, 3.63) is 47.7 Å².